The van der Waals surface area contributed by atoms with E-state index in [-0.39, 0.29) is 18.2 Å². The van der Waals surface area contributed by atoms with Crippen LogP contribution >= 0.6 is 0 Å². The summed E-state index contributed by atoms with van der Waals surface area (Å²) in [5, 5.41) is 5.44. The number of likely N-dealkylation sites (tertiary alicyclic amines) is 1. The van der Waals surface area contributed by atoms with Crippen molar-refractivity contribution in [2.45, 2.75) is 59.3 Å². The molecule has 172 valence electrons. The highest BCUT2D eigenvalue weighted by molar-refractivity contribution is 6.06. The molecule has 33 heavy (non-hydrogen) atoms. The molecule has 5 rings (SSSR count). The van der Waals surface area contributed by atoms with E-state index in [2.05, 4.69) is 16.6 Å². The Morgan fingerprint density at radius 2 is 1.88 bits per heavy atom. The molecule has 3 aromatic rings. The highest BCUT2D eigenvalue weighted by Crippen LogP contribution is 2.31. The van der Waals surface area contributed by atoms with Gasteiger partial charge >= 0.3 is 0 Å². The predicted octanol–water partition coefficient (Wildman–Crippen LogP) is 4.59. The molecule has 2 aromatic heterocycles. The maximum atomic E-state index is 12.9. The molecule has 0 radical (unpaired) electrons. The number of amides is 2. The summed E-state index contributed by atoms with van der Waals surface area (Å²) in [4.78, 5) is 27.5. The largest absolute Gasteiger partial charge is 0.464 e. The predicted molar refractivity (Wildman–Crippen MR) is 126 cm³/mol. The molecule has 2 aliphatic rings. The van der Waals surface area contributed by atoms with Crippen LogP contribution in [0.3, 0.4) is 0 Å². The molecule has 3 heterocycles. The monoisotopic (exact) mass is 447 g/mol. The summed E-state index contributed by atoms with van der Waals surface area (Å²) in [7, 11) is 0. The molecule has 1 aliphatic carbocycles. The summed E-state index contributed by atoms with van der Waals surface area (Å²) in [6.45, 7) is 7.53. The number of aryl methyl sites for hydroxylation is 3. The van der Waals surface area contributed by atoms with Gasteiger partial charge in [-0.15, -0.1) is 0 Å². The average molecular weight is 448 g/mol. The molecule has 1 aromatic carbocycles. The van der Waals surface area contributed by atoms with Crippen LogP contribution in [0.25, 0.3) is 11.0 Å². The number of nitrogens with zero attached hydrogens (tertiary/aromatic N) is 2. The lowest BCUT2D eigenvalue weighted by Crippen LogP contribution is -2.27. The van der Waals surface area contributed by atoms with Gasteiger partial charge in [0.25, 0.3) is 5.91 Å². The third-order valence-corrected chi connectivity index (χ3v) is 6.67. The minimum Gasteiger partial charge on any atom is -0.464 e. The molecular formula is C26H29N3O4. The van der Waals surface area contributed by atoms with Gasteiger partial charge in [0.1, 0.15) is 11.3 Å². The number of fused-ring (bicyclic) bond motifs is 2. The number of carbonyl (C=O) groups is 2. The van der Waals surface area contributed by atoms with Crippen molar-refractivity contribution in [3.05, 3.63) is 57.7 Å². The normalized spacial score (nSPS) is 17.1. The van der Waals surface area contributed by atoms with Crippen molar-refractivity contribution in [1.82, 2.24) is 10.3 Å². The first-order valence-corrected chi connectivity index (χ1v) is 11.7. The zero-order valence-electron chi connectivity index (χ0n) is 19.4. The Morgan fingerprint density at radius 1 is 1.09 bits per heavy atom. The molecule has 2 amide bonds. The van der Waals surface area contributed by atoms with E-state index in [0.29, 0.717) is 5.76 Å². The number of carbonyl (C=O) groups excluding carboxylic acids is 2. The van der Waals surface area contributed by atoms with Crippen molar-refractivity contribution < 1.29 is 18.4 Å². The van der Waals surface area contributed by atoms with Crippen LogP contribution in [0.2, 0.25) is 0 Å². The summed E-state index contributed by atoms with van der Waals surface area (Å²) in [5.41, 5.74) is 9.05. The Hall–Kier alpha value is -3.35. The zero-order chi connectivity index (χ0) is 23.1. The molecule has 7 heteroatoms. The van der Waals surface area contributed by atoms with E-state index in [4.69, 9.17) is 8.83 Å². The van der Waals surface area contributed by atoms with E-state index in [1.165, 1.54) is 0 Å². The highest BCUT2D eigenvalue weighted by Gasteiger charge is 2.31. The van der Waals surface area contributed by atoms with Crippen molar-refractivity contribution in [2.24, 2.45) is 5.10 Å². The number of benzene rings is 1. The van der Waals surface area contributed by atoms with Gasteiger partial charge in [-0.2, -0.15) is 5.10 Å². The number of nitrogens with one attached hydrogen (secondary N) is 1. The van der Waals surface area contributed by atoms with Gasteiger partial charge in [-0.25, -0.2) is 5.43 Å². The Labute approximate surface area is 192 Å². The first kappa shape index (κ1) is 21.5. The van der Waals surface area contributed by atoms with Crippen molar-refractivity contribution in [3.63, 3.8) is 0 Å². The van der Waals surface area contributed by atoms with Crippen molar-refractivity contribution in [3.8, 4) is 0 Å². The molecule has 7 nitrogen and oxygen atoms in total. The molecule has 0 unspecified atom stereocenters. The number of hydrazone groups is 1. The van der Waals surface area contributed by atoms with E-state index >= 15 is 0 Å². The van der Waals surface area contributed by atoms with Gasteiger partial charge in [0.05, 0.1) is 18.4 Å². The summed E-state index contributed by atoms with van der Waals surface area (Å²) in [6.07, 6.45) is 6.29. The maximum Gasteiger partial charge on any atom is 0.289 e. The quantitative estimate of drug-likeness (QED) is 0.593. The van der Waals surface area contributed by atoms with Gasteiger partial charge in [-0.1, -0.05) is 6.07 Å². The van der Waals surface area contributed by atoms with E-state index < -0.39 is 0 Å². The Balaban J connectivity index is 1.35. The molecule has 1 N–H and O–H groups in total. The fourth-order valence-electron chi connectivity index (χ4n) is 5.15. The second-order valence-corrected chi connectivity index (χ2v) is 9.19. The molecule has 0 bridgehead atoms. The minimum atomic E-state index is -0.202. The maximum absolute atomic E-state index is 12.9. The van der Waals surface area contributed by atoms with Crippen LogP contribution < -0.4 is 5.43 Å². The zero-order valence-corrected chi connectivity index (χ0v) is 19.4. The average Bonchev–Trinajstić information content (AvgIpc) is 3.52. The third kappa shape index (κ3) is 3.96. The van der Waals surface area contributed by atoms with Gasteiger partial charge < -0.3 is 13.7 Å². The van der Waals surface area contributed by atoms with Crippen LogP contribution in [0.4, 0.5) is 0 Å². The second kappa shape index (κ2) is 8.54. The van der Waals surface area contributed by atoms with Gasteiger partial charge in [0.15, 0.2) is 5.76 Å². The van der Waals surface area contributed by atoms with E-state index in [1.54, 1.807) is 6.26 Å². The Morgan fingerprint density at radius 3 is 2.67 bits per heavy atom. The van der Waals surface area contributed by atoms with Crippen LogP contribution in [-0.2, 0) is 17.6 Å². The van der Waals surface area contributed by atoms with E-state index in [0.717, 1.165) is 95.5 Å². The summed E-state index contributed by atoms with van der Waals surface area (Å²) >= 11 is 0. The molecule has 1 aliphatic heterocycles. The first-order valence-electron chi connectivity index (χ1n) is 11.7. The number of hydrogen-bond acceptors (Lipinski definition) is 5. The van der Waals surface area contributed by atoms with Crippen molar-refractivity contribution >= 4 is 28.5 Å². The Kier molecular flexibility index (Phi) is 5.56. The second-order valence-electron chi connectivity index (χ2n) is 9.19. The topological polar surface area (TPSA) is 88.0 Å². The number of hydrogen-bond donors (Lipinski definition) is 1. The van der Waals surface area contributed by atoms with Crippen LogP contribution in [0.1, 0.15) is 69.8 Å². The lowest BCUT2D eigenvalue weighted by atomic mass is 9.93. The third-order valence-electron chi connectivity index (χ3n) is 6.67. The summed E-state index contributed by atoms with van der Waals surface area (Å²) < 4.78 is 11.7. The smallest absolute Gasteiger partial charge is 0.289 e. The van der Waals surface area contributed by atoms with Crippen molar-refractivity contribution in [2.75, 3.05) is 13.1 Å². The minimum absolute atomic E-state index is 0.0415. The SMILES string of the molecule is Cc1cc(C)c2c(CC(=O)N/N=C3\CCCc4oc(C(=O)N5CCCC5)c(C)c43)coc2c1. The molecule has 0 saturated carbocycles. The Bertz CT molecular complexity index is 1270. The molecule has 1 fully saturated rings. The number of furan rings is 2. The van der Waals surface area contributed by atoms with Gasteiger partial charge in [-0.3, -0.25) is 9.59 Å². The lowest BCUT2D eigenvalue weighted by Gasteiger charge is -2.14. The highest BCUT2D eigenvalue weighted by atomic mass is 16.4. The summed E-state index contributed by atoms with van der Waals surface area (Å²) in [5.74, 6) is 0.964. The lowest BCUT2D eigenvalue weighted by molar-refractivity contribution is -0.120. The fourth-order valence-corrected chi connectivity index (χ4v) is 5.15. The van der Waals surface area contributed by atoms with Crippen LogP contribution in [0, 0.1) is 20.8 Å². The fraction of sp³-hybridized carbons (Fsp3) is 0.423. The standard InChI is InChI=1S/C26H29N3O4/c1-15-11-16(2)23-18(14-32-21(23)12-15)13-22(30)28-27-19-7-6-8-20-24(19)17(3)25(33-20)26(31)29-9-4-5-10-29/h11-12,14H,4-10,13H2,1-3H3,(H,28,30)/b27-19+. The van der Waals surface area contributed by atoms with E-state index in [9.17, 15) is 9.59 Å². The molecular weight excluding hydrogens is 418 g/mol. The van der Waals surface area contributed by atoms with Crippen molar-refractivity contribution in [1.29, 1.82) is 0 Å². The van der Waals surface area contributed by atoms with Gasteiger partial charge in [0, 0.05) is 41.6 Å². The van der Waals surface area contributed by atoms with Crippen LogP contribution in [-0.4, -0.2) is 35.5 Å². The first-order chi connectivity index (χ1) is 15.9. The number of rotatable bonds is 4. The van der Waals surface area contributed by atoms with Crippen LogP contribution in [0.15, 0.2) is 32.3 Å². The molecule has 0 atom stereocenters. The molecule has 1 saturated heterocycles. The van der Waals surface area contributed by atoms with E-state index in [1.807, 2.05) is 31.7 Å². The van der Waals surface area contributed by atoms with Gasteiger partial charge in [0.2, 0.25) is 5.91 Å². The molecule has 0 spiro atoms. The van der Waals surface area contributed by atoms with Crippen LogP contribution in [0.5, 0.6) is 0 Å². The summed E-state index contributed by atoms with van der Waals surface area (Å²) in [6, 6.07) is 4.07. The van der Waals surface area contributed by atoms with Gasteiger partial charge in [-0.05, 0) is 63.6 Å².